The van der Waals surface area contributed by atoms with Crippen LogP contribution in [0.3, 0.4) is 0 Å². The highest BCUT2D eigenvalue weighted by molar-refractivity contribution is 5.82. The molecule has 3 nitrogen and oxygen atoms in total. The van der Waals surface area contributed by atoms with E-state index in [1.807, 2.05) is 6.92 Å². The smallest absolute Gasteiger partial charge is 0.224 e. The molecule has 1 rings (SSSR count). The summed E-state index contributed by atoms with van der Waals surface area (Å²) < 4.78 is 0. The first-order valence-electron chi connectivity index (χ1n) is 4.21. The highest BCUT2D eigenvalue weighted by Crippen LogP contribution is 2.27. The van der Waals surface area contributed by atoms with Crippen LogP contribution in [0.5, 0.6) is 0 Å². The van der Waals surface area contributed by atoms with Gasteiger partial charge in [0.15, 0.2) is 0 Å². The standard InChI is InChI=1S/C8H16N2O/c1-3-5(2)10-8(11)6-4-7(6)9/h5-7H,3-4,9H2,1-2H3,(H,10,11). The van der Waals surface area contributed by atoms with Crippen LogP contribution in [0.2, 0.25) is 0 Å². The quantitative estimate of drug-likeness (QED) is 0.615. The van der Waals surface area contributed by atoms with E-state index in [1.54, 1.807) is 0 Å². The van der Waals surface area contributed by atoms with Crippen LogP contribution < -0.4 is 11.1 Å². The molecule has 1 fully saturated rings. The van der Waals surface area contributed by atoms with Crippen molar-refractivity contribution in [2.45, 2.75) is 38.8 Å². The Morgan fingerprint density at radius 3 is 2.73 bits per heavy atom. The third-order valence-corrected chi connectivity index (χ3v) is 2.18. The molecule has 11 heavy (non-hydrogen) atoms. The lowest BCUT2D eigenvalue weighted by Gasteiger charge is -2.10. The normalized spacial score (nSPS) is 31.2. The molecule has 0 spiro atoms. The largest absolute Gasteiger partial charge is 0.353 e. The van der Waals surface area contributed by atoms with Crippen molar-refractivity contribution in [3.63, 3.8) is 0 Å². The van der Waals surface area contributed by atoms with Crippen molar-refractivity contribution in [2.75, 3.05) is 0 Å². The number of amides is 1. The van der Waals surface area contributed by atoms with Crippen LogP contribution in [0.25, 0.3) is 0 Å². The average molecular weight is 156 g/mol. The van der Waals surface area contributed by atoms with E-state index in [2.05, 4.69) is 12.2 Å². The molecule has 3 heteroatoms. The minimum absolute atomic E-state index is 0.101. The highest BCUT2D eigenvalue weighted by Gasteiger charge is 2.40. The van der Waals surface area contributed by atoms with Gasteiger partial charge >= 0.3 is 0 Å². The van der Waals surface area contributed by atoms with Crippen molar-refractivity contribution in [2.24, 2.45) is 11.7 Å². The van der Waals surface area contributed by atoms with Gasteiger partial charge in [-0.25, -0.2) is 0 Å². The SMILES string of the molecule is CCC(C)NC(=O)C1CC1N. The molecule has 0 bridgehead atoms. The first-order valence-corrected chi connectivity index (χ1v) is 4.21. The number of hydrogen-bond donors (Lipinski definition) is 2. The van der Waals surface area contributed by atoms with Crippen molar-refractivity contribution >= 4 is 5.91 Å². The number of carbonyl (C=O) groups excluding carboxylic acids is 1. The summed E-state index contributed by atoms with van der Waals surface area (Å²) in [5, 5.41) is 2.90. The van der Waals surface area contributed by atoms with Crippen LogP contribution in [0.1, 0.15) is 26.7 Å². The fourth-order valence-corrected chi connectivity index (χ4v) is 0.968. The van der Waals surface area contributed by atoms with E-state index < -0.39 is 0 Å². The second-order valence-corrected chi connectivity index (χ2v) is 3.32. The summed E-state index contributed by atoms with van der Waals surface area (Å²) in [4.78, 5) is 11.2. The second-order valence-electron chi connectivity index (χ2n) is 3.32. The molecular weight excluding hydrogens is 140 g/mol. The summed E-state index contributed by atoms with van der Waals surface area (Å²) in [5.74, 6) is 0.232. The Morgan fingerprint density at radius 2 is 2.36 bits per heavy atom. The van der Waals surface area contributed by atoms with Crippen LogP contribution in [-0.2, 0) is 4.79 Å². The Balaban J connectivity index is 2.21. The van der Waals surface area contributed by atoms with Crippen LogP contribution >= 0.6 is 0 Å². The minimum atomic E-state index is 0.101. The minimum Gasteiger partial charge on any atom is -0.353 e. The fraction of sp³-hybridized carbons (Fsp3) is 0.875. The molecule has 0 radical (unpaired) electrons. The van der Waals surface area contributed by atoms with E-state index in [4.69, 9.17) is 5.73 Å². The molecule has 0 aromatic heterocycles. The van der Waals surface area contributed by atoms with Gasteiger partial charge in [0.2, 0.25) is 5.91 Å². The van der Waals surface area contributed by atoms with Gasteiger partial charge in [-0.15, -0.1) is 0 Å². The van der Waals surface area contributed by atoms with E-state index in [1.165, 1.54) is 0 Å². The number of carbonyl (C=O) groups is 1. The molecule has 64 valence electrons. The Labute approximate surface area is 67.3 Å². The average Bonchev–Trinajstić information content (AvgIpc) is 2.66. The molecule has 1 aliphatic carbocycles. The topological polar surface area (TPSA) is 55.1 Å². The van der Waals surface area contributed by atoms with Gasteiger partial charge in [0, 0.05) is 12.1 Å². The summed E-state index contributed by atoms with van der Waals surface area (Å²) in [7, 11) is 0. The van der Waals surface area contributed by atoms with Crippen LogP contribution in [-0.4, -0.2) is 18.0 Å². The number of hydrogen-bond acceptors (Lipinski definition) is 2. The lowest BCUT2D eigenvalue weighted by atomic mass is 10.2. The molecule has 3 N–H and O–H groups in total. The van der Waals surface area contributed by atoms with Crippen molar-refractivity contribution < 1.29 is 4.79 Å². The van der Waals surface area contributed by atoms with Gasteiger partial charge in [0.25, 0.3) is 0 Å². The maximum absolute atomic E-state index is 11.2. The molecule has 0 aliphatic heterocycles. The van der Waals surface area contributed by atoms with Crippen LogP contribution in [0, 0.1) is 5.92 Å². The molecule has 1 aliphatic rings. The van der Waals surface area contributed by atoms with Crippen molar-refractivity contribution in [1.82, 2.24) is 5.32 Å². The predicted molar refractivity (Wildman–Crippen MR) is 44.0 cm³/mol. The zero-order valence-electron chi connectivity index (χ0n) is 7.13. The lowest BCUT2D eigenvalue weighted by Crippen LogP contribution is -2.34. The Bertz CT molecular complexity index is 158. The van der Waals surface area contributed by atoms with Gasteiger partial charge < -0.3 is 11.1 Å². The summed E-state index contributed by atoms with van der Waals surface area (Å²) in [6.07, 6.45) is 1.84. The van der Waals surface area contributed by atoms with E-state index in [-0.39, 0.29) is 23.9 Å². The summed E-state index contributed by atoms with van der Waals surface area (Å²) in [6, 6.07) is 0.411. The number of nitrogens with two attached hydrogens (primary N) is 1. The molecule has 3 atom stereocenters. The first-order chi connectivity index (χ1) is 5.15. The van der Waals surface area contributed by atoms with Gasteiger partial charge in [-0.1, -0.05) is 6.92 Å². The van der Waals surface area contributed by atoms with Crippen LogP contribution in [0.15, 0.2) is 0 Å². The van der Waals surface area contributed by atoms with Crippen molar-refractivity contribution in [3.8, 4) is 0 Å². The first kappa shape index (κ1) is 8.53. The number of nitrogens with one attached hydrogen (secondary N) is 1. The summed E-state index contributed by atoms with van der Waals surface area (Å²) in [5.41, 5.74) is 5.52. The molecule has 0 heterocycles. The zero-order valence-corrected chi connectivity index (χ0v) is 7.13. The van der Waals surface area contributed by atoms with Gasteiger partial charge in [0.05, 0.1) is 5.92 Å². The second kappa shape index (κ2) is 3.22. The summed E-state index contributed by atoms with van der Waals surface area (Å²) >= 11 is 0. The van der Waals surface area contributed by atoms with Crippen molar-refractivity contribution in [3.05, 3.63) is 0 Å². The Kier molecular flexibility index (Phi) is 2.49. The van der Waals surface area contributed by atoms with Gasteiger partial charge in [0.1, 0.15) is 0 Å². The third-order valence-electron chi connectivity index (χ3n) is 2.18. The molecule has 1 amide bonds. The van der Waals surface area contributed by atoms with Gasteiger partial charge in [-0.05, 0) is 19.8 Å². The molecule has 0 aromatic rings. The molecule has 3 unspecified atom stereocenters. The van der Waals surface area contributed by atoms with E-state index in [0.717, 1.165) is 12.8 Å². The fourth-order valence-electron chi connectivity index (χ4n) is 0.968. The van der Waals surface area contributed by atoms with Crippen molar-refractivity contribution in [1.29, 1.82) is 0 Å². The molecule has 0 aromatic carbocycles. The predicted octanol–water partition coefficient (Wildman–Crippen LogP) is 0.248. The number of rotatable bonds is 3. The van der Waals surface area contributed by atoms with Crippen LogP contribution in [0.4, 0.5) is 0 Å². The molecule has 1 saturated carbocycles. The molecule has 0 saturated heterocycles. The highest BCUT2D eigenvalue weighted by atomic mass is 16.2. The monoisotopic (exact) mass is 156 g/mol. The van der Waals surface area contributed by atoms with Gasteiger partial charge in [-0.3, -0.25) is 4.79 Å². The third kappa shape index (κ3) is 2.19. The zero-order chi connectivity index (χ0) is 8.43. The maximum atomic E-state index is 11.2. The Hall–Kier alpha value is -0.570. The molecular formula is C8H16N2O. The summed E-state index contributed by atoms with van der Waals surface area (Å²) in [6.45, 7) is 4.06. The maximum Gasteiger partial charge on any atom is 0.224 e. The van der Waals surface area contributed by atoms with E-state index in [9.17, 15) is 4.79 Å². The van der Waals surface area contributed by atoms with E-state index >= 15 is 0 Å². The van der Waals surface area contributed by atoms with Gasteiger partial charge in [-0.2, -0.15) is 0 Å². The Morgan fingerprint density at radius 1 is 1.82 bits per heavy atom. The lowest BCUT2D eigenvalue weighted by molar-refractivity contribution is -0.123. The van der Waals surface area contributed by atoms with E-state index in [0.29, 0.717) is 0 Å².